The molecule has 3 nitrogen and oxygen atoms in total. The molecule has 0 heterocycles. The zero-order chi connectivity index (χ0) is 3.58. The molecule has 0 N–H and O–H groups in total. The predicted octanol–water partition coefficient (Wildman–Crippen LogP) is -7.00. The van der Waals surface area contributed by atoms with Gasteiger partial charge >= 0.3 is 81.5 Å². The third-order valence-corrected chi connectivity index (χ3v) is 0. The molecule has 7 heteroatoms. The molecule has 0 saturated heterocycles. The van der Waals surface area contributed by atoms with Gasteiger partial charge < -0.3 is 9.11 Å². The van der Waals surface area contributed by atoms with Crippen LogP contribution in [0.15, 0.2) is 0 Å². The average Bonchev–Trinajstić information content (AvgIpc) is 0.811. The Balaban J connectivity index is -0.0000000150. The van der Waals surface area contributed by atoms with Crippen molar-refractivity contribution in [2.75, 3.05) is 0 Å². The monoisotopic (exact) mass is 323 g/mol. The Morgan fingerprint density at radius 3 is 1.14 bits per heavy atom. The molecule has 34 valence electrons. The van der Waals surface area contributed by atoms with Crippen molar-refractivity contribution in [1.82, 2.24) is 0 Å². The van der Waals surface area contributed by atoms with Gasteiger partial charge in [-0.2, -0.15) is 0 Å². The fourth-order valence-corrected chi connectivity index (χ4v) is 0. The minimum absolute atomic E-state index is 0. The first-order chi connectivity index (χ1) is 1.73. The zero-order valence-electron chi connectivity index (χ0n) is 3.93. The Labute approximate surface area is 104 Å². The summed E-state index contributed by atoms with van der Waals surface area (Å²) in [5, 5.41) is 0. The van der Waals surface area contributed by atoms with Gasteiger partial charge in [0.15, 0.2) is 0 Å². The smallest absolute Gasteiger partial charge is 0.784 e. The first-order valence-electron chi connectivity index (χ1n) is 0.500. The fraction of sp³-hybridized carbons (Fsp3) is 0. The van der Waals surface area contributed by atoms with Crippen LogP contribution in [0.25, 0.3) is 0 Å². The van der Waals surface area contributed by atoms with Crippen LogP contribution in [0.3, 0.4) is 0 Å². The Morgan fingerprint density at radius 1 is 1.14 bits per heavy atom. The molecule has 0 aromatic heterocycles. The van der Waals surface area contributed by atoms with Gasteiger partial charge in [-0.05, 0) is 0 Å². The van der Waals surface area contributed by atoms with Crippen LogP contribution < -0.4 is 59.1 Å². The van der Waals surface area contributed by atoms with Crippen LogP contribution in [-0.2, 0) is 33.7 Å². The molecule has 7 heavy (non-hydrogen) atoms. The standard InChI is InChI=1S/Au.2Na.H2O3S/c;;;1-4(2)3/h;;;(H2,1,2,3)/q+3;2*+1;/p-2. The first-order valence-corrected chi connectivity index (χ1v) is 1.50. The van der Waals surface area contributed by atoms with Gasteiger partial charge in [-0.3, -0.25) is 4.21 Å². The van der Waals surface area contributed by atoms with E-state index in [0.29, 0.717) is 0 Å². The van der Waals surface area contributed by atoms with E-state index in [-0.39, 0.29) is 81.5 Å². The average molecular weight is 323 g/mol. The quantitative estimate of drug-likeness (QED) is 0.329. The van der Waals surface area contributed by atoms with Gasteiger partial charge in [0.2, 0.25) is 0 Å². The van der Waals surface area contributed by atoms with Crippen molar-refractivity contribution in [3.05, 3.63) is 0 Å². The molecule has 0 fully saturated rings. The zero-order valence-corrected chi connectivity index (χ0v) is 10.9. The van der Waals surface area contributed by atoms with Gasteiger partial charge in [0.05, 0.1) is 0 Å². The summed E-state index contributed by atoms with van der Waals surface area (Å²) in [6.07, 6.45) is 0. The van der Waals surface area contributed by atoms with Crippen LogP contribution >= 0.6 is 0 Å². The molecule has 0 amide bonds. The summed E-state index contributed by atoms with van der Waals surface area (Å²) in [5.74, 6) is 0. The molecule has 0 aliphatic heterocycles. The van der Waals surface area contributed by atoms with E-state index >= 15 is 0 Å². The summed E-state index contributed by atoms with van der Waals surface area (Å²) in [5.41, 5.74) is 0. The van der Waals surface area contributed by atoms with Crippen molar-refractivity contribution in [1.29, 1.82) is 0 Å². The van der Waals surface area contributed by atoms with Gasteiger partial charge in [0.25, 0.3) is 0 Å². The summed E-state index contributed by atoms with van der Waals surface area (Å²) in [7, 11) is 0. The molecule has 0 aliphatic carbocycles. The molecule has 0 aromatic carbocycles. The van der Waals surface area contributed by atoms with E-state index in [4.69, 9.17) is 13.3 Å². The Bertz CT molecular complexity index is 35.9. The van der Waals surface area contributed by atoms with Crippen molar-refractivity contribution in [3.63, 3.8) is 0 Å². The molecule has 0 spiro atoms. The van der Waals surface area contributed by atoms with Gasteiger partial charge in [-0.25, -0.2) is 0 Å². The minimum atomic E-state index is -3.11. The van der Waals surface area contributed by atoms with Crippen molar-refractivity contribution >= 4 is 11.4 Å². The van der Waals surface area contributed by atoms with E-state index in [2.05, 4.69) is 0 Å². The second kappa shape index (κ2) is 15.9. The molecule has 0 unspecified atom stereocenters. The largest absolute Gasteiger partial charge is 3.00 e. The van der Waals surface area contributed by atoms with Crippen molar-refractivity contribution in [3.8, 4) is 0 Å². The maximum Gasteiger partial charge on any atom is 3.00 e. The SMILES string of the molecule is O=S([O-])[O-].[Au+3].[Na+].[Na+]. The maximum absolute atomic E-state index is 8.44. The van der Waals surface area contributed by atoms with Gasteiger partial charge in [-0.1, -0.05) is 0 Å². The molecule has 0 atom stereocenters. The number of rotatable bonds is 0. The third kappa shape index (κ3) is 51.7. The van der Waals surface area contributed by atoms with Gasteiger partial charge in [-0.15, -0.1) is 11.4 Å². The van der Waals surface area contributed by atoms with Gasteiger partial charge in [0.1, 0.15) is 0 Å². The Hall–Kier alpha value is 2.81. The van der Waals surface area contributed by atoms with Crippen LogP contribution in [0.1, 0.15) is 0 Å². The maximum atomic E-state index is 8.44. The fourth-order valence-electron chi connectivity index (χ4n) is 0. The Kier molecular flexibility index (Phi) is 51.3. The molecular formula is AuNa2O3S+3. The molecule has 0 aliphatic rings. The van der Waals surface area contributed by atoms with E-state index in [9.17, 15) is 0 Å². The van der Waals surface area contributed by atoms with Crippen molar-refractivity contribution in [2.45, 2.75) is 0 Å². The molecule has 0 bridgehead atoms. The van der Waals surface area contributed by atoms with Gasteiger partial charge in [0, 0.05) is 0 Å². The molecule has 0 rings (SSSR count). The summed E-state index contributed by atoms with van der Waals surface area (Å²) < 4.78 is 25.3. The number of hydrogen-bond acceptors (Lipinski definition) is 3. The molecule has 0 radical (unpaired) electrons. The predicted molar refractivity (Wildman–Crippen MR) is 9.70 cm³/mol. The van der Waals surface area contributed by atoms with Crippen LogP contribution in [0.2, 0.25) is 0 Å². The first kappa shape index (κ1) is 22.6. The second-order valence-electron chi connectivity index (χ2n) is 0.204. The van der Waals surface area contributed by atoms with Crippen LogP contribution in [0, 0.1) is 0 Å². The second-order valence-corrected chi connectivity index (χ2v) is 0.612. The summed E-state index contributed by atoms with van der Waals surface area (Å²) >= 11 is -3.11. The summed E-state index contributed by atoms with van der Waals surface area (Å²) in [6.45, 7) is 0. The topological polar surface area (TPSA) is 63.2 Å². The third-order valence-electron chi connectivity index (χ3n) is 0. The summed E-state index contributed by atoms with van der Waals surface area (Å²) in [4.78, 5) is 0. The van der Waals surface area contributed by atoms with E-state index in [1.165, 1.54) is 0 Å². The van der Waals surface area contributed by atoms with Crippen LogP contribution in [0.5, 0.6) is 0 Å². The van der Waals surface area contributed by atoms with Crippen LogP contribution in [-0.4, -0.2) is 13.3 Å². The molecule has 0 aromatic rings. The summed E-state index contributed by atoms with van der Waals surface area (Å²) in [6, 6.07) is 0. The number of hydrogen-bond donors (Lipinski definition) is 0. The van der Waals surface area contributed by atoms with E-state index in [1.807, 2.05) is 0 Å². The van der Waals surface area contributed by atoms with E-state index < -0.39 is 11.4 Å². The molecule has 0 saturated carbocycles. The van der Waals surface area contributed by atoms with E-state index in [1.54, 1.807) is 0 Å². The molecular weight excluding hydrogens is 323 g/mol. The van der Waals surface area contributed by atoms with Crippen molar-refractivity contribution < 1.29 is 94.8 Å². The Morgan fingerprint density at radius 2 is 1.14 bits per heavy atom. The van der Waals surface area contributed by atoms with Crippen LogP contribution in [0.4, 0.5) is 0 Å². The van der Waals surface area contributed by atoms with Crippen molar-refractivity contribution in [2.24, 2.45) is 0 Å². The normalized spacial score (nSPS) is 5.00. The van der Waals surface area contributed by atoms with E-state index in [0.717, 1.165) is 0 Å². The minimum Gasteiger partial charge on any atom is -0.784 e.